The standard InChI is InChI=1S/C12H15N3O3/c1-8(2)10-6-13-11(18-10)7-15-12(16)4-9(17-3)5-14-15/h4-6,8H,7H2,1-3H3. The van der Waals surface area contributed by atoms with Gasteiger partial charge in [-0.25, -0.2) is 9.67 Å². The number of methoxy groups -OCH3 is 1. The van der Waals surface area contributed by atoms with Gasteiger partial charge in [0.25, 0.3) is 5.56 Å². The first-order valence-corrected chi connectivity index (χ1v) is 5.66. The van der Waals surface area contributed by atoms with E-state index in [9.17, 15) is 4.79 Å². The average Bonchev–Trinajstić information content (AvgIpc) is 2.80. The van der Waals surface area contributed by atoms with Gasteiger partial charge in [0.1, 0.15) is 18.1 Å². The Morgan fingerprint density at radius 3 is 2.78 bits per heavy atom. The topological polar surface area (TPSA) is 70.2 Å². The van der Waals surface area contributed by atoms with Gasteiger partial charge in [0.2, 0.25) is 5.89 Å². The van der Waals surface area contributed by atoms with Crippen LogP contribution in [0.25, 0.3) is 0 Å². The molecule has 0 spiro atoms. The van der Waals surface area contributed by atoms with Gasteiger partial charge in [-0.2, -0.15) is 5.10 Å². The lowest BCUT2D eigenvalue weighted by Gasteiger charge is -2.03. The molecule has 2 aromatic rings. The van der Waals surface area contributed by atoms with Crippen LogP contribution in [0.15, 0.2) is 27.7 Å². The van der Waals surface area contributed by atoms with E-state index in [1.165, 1.54) is 24.1 Å². The molecule has 0 fully saturated rings. The molecule has 0 aliphatic carbocycles. The number of hydrogen-bond donors (Lipinski definition) is 0. The molecule has 0 aromatic carbocycles. The van der Waals surface area contributed by atoms with E-state index >= 15 is 0 Å². The molecule has 6 heteroatoms. The highest BCUT2D eigenvalue weighted by Crippen LogP contribution is 2.15. The number of rotatable bonds is 4. The minimum Gasteiger partial charge on any atom is -0.495 e. The van der Waals surface area contributed by atoms with Gasteiger partial charge in [-0.1, -0.05) is 13.8 Å². The molecule has 6 nitrogen and oxygen atoms in total. The third-order valence-corrected chi connectivity index (χ3v) is 2.51. The first kappa shape index (κ1) is 12.3. The summed E-state index contributed by atoms with van der Waals surface area (Å²) in [4.78, 5) is 15.8. The van der Waals surface area contributed by atoms with E-state index < -0.39 is 0 Å². The first-order chi connectivity index (χ1) is 8.60. The molecule has 2 rings (SSSR count). The van der Waals surface area contributed by atoms with Crippen molar-refractivity contribution in [2.45, 2.75) is 26.3 Å². The fourth-order valence-corrected chi connectivity index (χ4v) is 1.44. The summed E-state index contributed by atoms with van der Waals surface area (Å²) in [5.41, 5.74) is -0.251. The number of hydrogen-bond acceptors (Lipinski definition) is 5. The Labute approximate surface area is 104 Å². The highest BCUT2D eigenvalue weighted by molar-refractivity contribution is 5.13. The zero-order chi connectivity index (χ0) is 13.1. The Morgan fingerprint density at radius 2 is 2.22 bits per heavy atom. The lowest BCUT2D eigenvalue weighted by atomic mass is 10.2. The number of ether oxygens (including phenoxy) is 1. The van der Waals surface area contributed by atoms with Gasteiger partial charge in [-0.15, -0.1) is 0 Å². The van der Waals surface area contributed by atoms with Crippen LogP contribution < -0.4 is 10.3 Å². The summed E-state index contributed by atoms with van der Waals surface area (Å²) in [6.07, 6.45) is 3.16. The molecule has 0 bridgehead atoms. The maximum absolute atomic E-state index is 11.7. The molecule has 0 amide bonds. The highest BCUT2D eigenvalue weighted by atomic mass is 16.5. The quantitative estimate of drug-likeness (QED) is 0.819. The predicted molar refractivity (Wildman–Crippen MR) is 64.7 cm³/mol. The molecule has 18 heavy (non-hydrogen) atoms. The zero-order valence-electron chi connectivity index (χ0n) is 10.6. The number of nitrogens with zero attached hydrogens (tertiary/aromatic N) is 3. The second-order valence-electron chi connectivity index (χ2n) is 4.20. The average molecular weight is 249 g/mol. The first-order valence-electron chi connectivity index (χ1n) is 5.66. The molecular formula is C12H15N3O3. The van der Waals surface area contributed by atoms with Crippen LogP contribution in [0, 0.1) is 0 Å². The molecule has 0 N–H and O–H groups in total. The van der Waals surface area contributed by atoms with Gasteiger partial charge in [0.15, 0.2) is 0 Å². The van der Waals surface area contributed by atoms with E-state index in [-0.39, 0.29) is 18.0 Å². The van der Waals surface area contributed by atoms with Crippen molar-refractivity contribution in [1.29, 1.82) is 0 Å². The van der Waals surface area contributed by atoms with Gasteiger partial charge in [-0.05, 0) is 0 Å². The Hall–Kier alpha value is -2.11. The van der Waals surface area contributed by atoms with Crippen LogP contribution in [0.2, 0.25) is 0 Å². The van der Waals surface area contributed by atoms with Crippen LogP contribution in [0.1, 0.15) is 31.4 Å². The largest absolute Gasteiger partial charge is 0.495 e. The maximum Gasteiger partial charge on any atom is 0.270 e. The molecule has 0 saturated heterocycles. The van der Waals surface area contributed by atoms with E-state index in [1.54, 1.807) is 6.20 Å². The minimum absolute atomic E-state index is 0.218. The molecule has 2 aromatic heterocycles. The summed E-state index contributed by atoms with van der Waals surface area (Å²) in [6.45, 7) is 4.25. The van der Waals surface area contributed by atoms with Crippen molar-refractivity contribution >= 4 is 0 Å². The van der Waals surface area contributed by atoms with Crippen LogP contribution >= 0.6 is 0 Å². The predicted octanol–water partition coefficient (Wildman–Crippen LogP) is 1.41. The highest BCUT2D eigenvalue weighted by Gasteiger charge is 2.09. The molecule has 0 saturated carbocycles. The van der Waals surface area contributed by atoms with E-state index in [0.29, 0.717) is 11.6 Å². The molecule has 2 heterocycles. The smallest absolute Gasteiger partial charge is 0.270 e. The second-order valence-corrected chi connectivity index (χ2v) is 4.20. The van der Waals surface area contributed by atoms with Crippen molar-refractivity contribution in [2.24, 2.45) is 0 Å². The lowest BCUT2D eigenvalue weighted by Crippen LogP contribution is -2.22. The van der Waals surface area contributed by atoms with Crippen molar-refractivity contribution in [1.82, 2.24) is 14.8 Å². The van der Waals surface area contributed by atoms with E-state index in [0.717, 1.165) is 5.76 Å². The molecule has 0 aliphatic heterocycles. The van der Waals surface area contributed by atoms with Crippen LogP contribution in [0.4, 0.5) is 0 Å². The summed E-state index contributed by atoms with van der Waals surface area (Å²) in [5, 5.41) is 3.98. The van der Waals surface area contributed by atoms with Crippen LogP contribution in [0.3, 0.4) is 0 Å². The Morgan fingerprint density at radius 1 is 1.44 bits per heavy atom. The van der Waals surface area contributed by atoms with Gasteiger partial charge in [0.05, 0.1) is 19.5 Å². The second kappa shape index (κ2) is 5.03. The fourth-order valence-electron chi connectivity index (χ4n) is 1.44. The molecule has 0 unspecified atom stereocenters. The Bertz CT molecular complexity index is 586. The summed E-state index contributed by atoms with van der Waals surface area (Å²) in [7, 11) is 1.49. The van der Waals surface area contributed by atoms with Crippen molar-refractivity contribution in [3.8, 4) is 5.75 Å². The van der Waals surface area contributed by atoms with Gasteiger partial charge >= 0.3 is 0 Å². The molecule has 0 radical (unpaired) electrons. The Kier molecular flexibility index (Phi) is 3.45. The lowest BCUT2D eigenvalue weighted by molar-refractivity contribution is 0.397. The molecular weight excluding hydrogens is 234 g/mol. The summed E-state index contributed by atoms with van der Waals surface area (Å²) in [5.74, 6) is 1.98. The van der Waals surface area contributed by atoms with E-state index in [2.05, 4.69) is 10.1 Å². The van der Waals surface area contributed by atoms with Crippen LogP contribution in [0.5, 0.6) is 5.75 Å². The molecule has 0 aliphatic rings. The Balaban J connectivity index is 2.20. The number of aromatic nitrogens is 3. The minimum atomic E-state index is -0.251. The zero-order valence-corrected chi connectivity index (χ0v) is 10.6. The van der Waals surface area contributed by atoms with Gasteiger partial charge in [0, 0.05) is 12.0 Å². The molecule has 0 atom stereocenters. The van der Waals surface area contributed by atoms with Gasteiger partial charge < -0.3 is 9.15 Å². The molecule has 96 valence electrons. The van der Waals surface area contributed by atoms with E-state index in [4.69, 9.17) is 9.15 Å². The van der Waals surface area contributed by atoms with Crippen molar-refractivity contribution in [2.75, 3.05) is 7.11 Å². The SMILES string of the molecule is COc1cnn(Cc2ncc(C(C)C)o2)c(=O)c1. The fraction of sp³-hybridized carbons (Fsp3) is 0.417. The summed E-state index contributed by atoms with van der Waals surface area (Å²) < 4.78 is 11.7. The monoisotopic (exact) mass is 249 g/mol. The van der Waals surface area contributed by atoms with Crippen LogP contribution in [-0.4, -0.2) is 21.9 Å². The van der Waals surface area contributed by atoms with Crippen molar-refractivity contribution in [3.05, 3.63) is 40.5 Å². The number of oxazole rings is 1. The van der Waals surface area contributed by atoms with Gasteiger partial charge in [-0.3, -0.25) is 4.79 Å². The summed E-state index contributed by atoms with van der Waals surface area (Å²) >= 11 is 0. The van der Waals surface area contributed by atoms with E-state index in [1.807, 2.05) is 13.8 Å². The third kappa shape index (κ3) is 2.58. The third-order valence-electron chi connectivity index (χ3n) is 2.51. The summed E-state index contributed by atoms with van der Waals surface area (Å²) in [6, 6.07) is 1.37. The normalized spacial score (nSPS) is 10.9. The van der Waals surface area contributed by atoms with Crippen molar-refractivity contribution in [3.63, 3.8) is 0 Å². The van der Waals surface area contributed by atoms with Crippen molar-refractivity contribution < 1.29 is 9.15 Å². The maximum atomic E-state index is 11.7. The van der Waals surface area contributed by atoms with Crippen LogP contribution in [-0.2, 0) is 6.54 Å².